The molecule has 1 rings (SSSR count). The number of rotatable bonds is 8. The van der Waals surface area contributed by atoms with Gasteiger partial charge in [-0.15, -0.1) is 10.1 Å². The fraction of sp³-hybridized carbons (Fsp3) is 0.846. The molecule has 9 heteroatoms. The first-order chi connectivity index (χ1) is 10.4. The molecular weight excluding hydrogens is 310 g/mol. The van der Waals surface area contributed by atoms with Gasteiger partial charge in [-0.2, -0.15) is 11.8 Å². The molecule has 1 atom stereocenters. The van der Waals surface area contributed by atoms with Crippen LogP contribution in [0.5, 0.6) is 0 Å². The van der Waals surface area contributed by atoms with Crippen molar-refractivity contribution >= 4 is 23.6 Å². The zero-order valence-electron chi connectivity index (χ0n) is 12.9. The number of hydrogen-bond acceptors (Lipinski definition) is 6. The average Bonchev–Trinajstić information content (AvgIpc) is 2.44. The molecule has 1 unspecified atom stereocenters. The van der Waals surface area contributed by atoms with Gasteiger partial charge in [0.25, 0.3) is 5.09 Å². The number of nitrogens with one attached hydrogen (secondary N) is 2. The van der Waals surface area contributed by atoms with E-state index >= 15 is 0 Å². The summed E-state index contributed by atoms with van der Waals surface area (Å²) in [7, 11) is 0. The summed E-state index contributed by atoms with van der Waals surface area (Å²) >= 11 is 1.61. The Morgan fingerprint density at radius 2 is 2.00 bits per heavy atom. The summed E-state index contributed by atoms with van der Waals surface area (Å²) in [6, 6.07) is -0.553. The molecule has 1 fully saturated rings. The third-order valence-corrected chi connectivity index (χ3v) is 4.20. The van der Waals surface area contributed by atoms with E-state index in [-0.39, 0.29) is 24.0 Å². The van der Waals surface area contributed by atoms with Crippen LogP contribution in [0.1, 0.15) is 39.0 Å². The summed E-state index contributed by atoms with van der Waals surface area (Å²) < 4.78 is 0. The number of carbonyl (C=O) groups is 2. The average molecular weight is 333 g/mol. The van der Waals surface area contributed by atoms with Crippen LogP contribution in [-0.2, 0) is 14.4 Å². The fourth-order valence-electron chi connectivity index (χ4n) is 2.49. The quantitative estimate of drug-likeness (QED) is 0.504. The minimum Gasteiger partial charge on any atom is -0.352 e. The third-order valence-electron chi connectivity index (χ3n) is 3.56. The monoisotopic (exact) mass is 333 g/mol. The van der Waals surface area contributed by atoms with E-state index < -0.39 is 11.1 Å². The summed E-state index contributed by atoms with van der Waals surface area (Å²) in [5, 5.41) is 15.1. The lowest BCUT2D eigenvalue weighted by Crippen LogP contribution is -2.50. The summed E-state index contributed by atoms with van der Waals surface area (Å²) in [6.07, 6.45) is 4.50. The summed E-state index contributed by atoms with van der Waals surface area (Å²) in [4.78, 5) is 38.3. The maximum atomic E-state index is 12.2. The van der Waals surface area contributed by atoms with Gasteiger partial charge in [-0.1, -0.05) is 0 Å². The van der Waals surface area contributed by atoms with Crippen LogP contribution in [0.3, 0.4) is 0 Å². The van der Waals surface area contributed by atoms with Gasteiger partial charge in [-0.05, 0) is 44.1 Å². The Bertz CT molecular complexity index is 399. The molecule has 0 aromatic heterocycles. The van der Waals surface area contributed by atoms with Gasteiger partial charge in [0.15, 0.2) is 0 Å². The van der Waals surface area contributed by atoms with Crippen molar-refractivity contribution in [2.24, 2.45) is 0 Å². The maximum Gasteiger partial charge on any atom is 0.294 e. The zero-order chi connectivity index (χ0) is 16.5. The minimum atomic E-state index is -0.765. The highest BCUT2D eigenvalue weighted by Gasteiger charge is 2.27. The second-order valence-electron chi connectivity index (χ2n) is 5.35. The molecule has 2 amide bonds. The molecular formula is C13H23N3O5S. The van der Waals surface area contributed by atoms with E-state index in [1.54, 1.807) is 11.8 Å². The lowest BCUT2D eigenvalue weighted by molar-refractivity contribution is -0.769. The van der Waals surface area contributed by atoms with Crippen molar-refractivity contribution in [3.8, 4) is 0 Å². The largest absolute Gasteiger partial charge is 0.352 e. The number of nitrogens with zero attached hydrogens (tertiary/aromatic N) is 1. The van der Waals surface area contributed by atoms with E-state index in [1.807, 2.05) is 6.26 Å². The molecule has 2 N–H and O–H groups in total. The Morgan fingerprint density at radius 3 is 2.50 bits per heavy atom. The standard InChI is InChI=1S/C13H23N3O5S/c1-9(17)14-12(7-8-22-2)13(18)15-10-3-5-11(6-4-10)21-16(19)20/h10-12H,3-8H2,1-2H3,(H,14,17)(H,15,18). The summed E-state index contributed by atoms with van der Waals surface area (Å²) in [5.41, 5.74) is 0. The smallest absolute Gasteiger partial charge is 0.294 e. The fourth-order valence-corrected chi connectivity index (χ4v) is 2.96. The predicted molar refractivity (Wildman–Crippen MR) is 82.9 cm³/mol. The van der Waals surface area contributed by atoms with E-state index in [9.17, 15) is 19.7 Å². The Hall–Kier alpha value is -1.51. The molecule has 126 valence electrons. The number of carbonyl (C=O) groups excluding carboxylic acids is 2. The van der Waals surface area contributed by atoms with Gasteiger partial charge in [0.05, 0.1) is 0 Å². The third kappa shape index (κ3) is 6.97. The predicted octanol–water partition coefficient (Wildman–Crippen LogP) is 0.880. The molecule has 0 saturated heterocycles. The normalized spacial score (nSPS) is 22.5. The highest BCUT2D eigenvalue weighted by atomic mass is 32.2. The number of thioether (sulfide) groups is 1. The molecule has 1 aliphatic carbocycles. The zero-order valence-corrected chi connectivity index (χ0v) is 13.7. The van der Waals surface area contributed by atoms with Crippen molar-refractivity contribution in [2.45, 2.75) is 57.2 Å². The lowest BCUT2D eigenvalue weighted by atomic mass is 9.93. The number of hydrogen-bond donors (Lipinski definition) is 2. The van der Waals surface area contributed by atoms with Crippen molar-refractivity contribution < 1.29 is 19.5 Å². The molecule has 0 heterocycles. The van der Waals surface area contributed by atoms with Crippen molar-refractivity contribution in [3.63, 3.8) is 0 Å². The second kappa shape index (κ2) is 9.50. The van der Waals surface area contributed by atoms with Crippen LogP contribution in [0.25, 0.3) is 0 Å². The molecule has 1 saturated carbocycles. The van der Waals surface area contributed by atoms with Crippen LogP contribution >= 0.6 is 11.8 Å². The number of amides is 2. The van der Waals surface area contributed by atoms with E-state index in [0.717, 1.165) is 5.75 Å². The summed E-state index contributed by atoms with van der Waals surface area (Å²) in [6.45, 7) is 1.39. The highest BCUT2D eigenvalue weighted by Crippen LogP contribution is 2.21. The summed E-state index contributed by atoms with van der Waals surface area (Å²) in [5.74, 6) is 0.356. The SMILES string of the molecule is CSCCC(NC(C)=O)C(=O)NC1CCC(O[N+](=O)[O-])CC1. The van der Waals surface area contributed by atoms with Gasteiger partial charge in [0.1, 0.15) is 12.1 Å². The van der Waals surface area contributed by atoms with Crippen molar-refractivity contribution in [1.29, 1.82) is 0 Å². The van der Waals surface area contributed by atoms with E-state index in [1.165, 1.54) is 6.92 Å². The molecule has 0 bridgehead atoms. The van der Waals surface area contributed by atoms with E-state index in [4.69, 9.17) is 0 Å². The highest BCUT2D eigenvalue weighted by molar-refractivity contribution is 7.98. The van der Waals surface area contributed by atoms with E-state index in [0.29, 0.717) is 32.1 Å². The van der Waals surface area contributed by atoms with Gasteiger partial charge in [-0.25, -0.2) is 0 Å². The molecule has 0 aromatic rings. The van der Waals surface area contributed by atoms with E-state index in [2.05, 4.69) is 15.5 Å². The first-order valence-electron chi connectivity index (χ1n) is 7.30. The Kier molecular flexibility index (Phi) is 8.00. The molecule has 0 aliphatic heterocycles. The van der Waals surface area contributed by atoms with Crippen molar-refractivity contribution in [3.05, 3.63) is 10.1 Å². The van der Waals surface area contributed by atoms with Crippen LogP contribution < -0.4 is 10.6 Å². The van der Waals surface area contributed by atoms with Crippen LogP contribution in [0.2, 0.25) is 0 Å². The molecule has 22 heavy (non-hydrogen) atoms. The van der Waals surface area contributed by atoms with Crippen LogP contribution in [0.15, 0.2) is 0 Å². The maximum absolute atomic E-state index is 12.2. The molecule has 0 spiro atoms. The van der Waals surface area contributed by atoms with Gasteiger partial charge in [0, 0.05) is 13.0 Å². The molecule has 0 radical (unpaired) electrons. The second-order valence-corrected chi connectivity index (χ2v) is 6.33. The van der Waals surface area contributed by atoms with Crippen molar-refractivity contribution in [2.75, 3.05) is 12.0 Å². The van der Waals surface area contributed by atoms with Crippen LogP contribution in [-0.4, -0.2) is 47.1 Å². The Labute approximate surface area is 133 Å². The lowest BCUT2D eigenvalue weighted by Gasteiger charge is -2.29. The van der Waals surface area contributed by atoms with Crippen molar-refractivity contribution in [1.82, 2.24) is 10.6 Å². The minimum absolute atomic E-state index is 0.0235. The molecule has 0 aromatic carbocycles. The van der Waals surface area contributed by atoms with Crippen LogP contribution in [0.4, 0.5) is 0 Å². The topological polar surface area (TPSA) is 111 Å². The first kappa shape index (κ1) is 18.5. The molecule has 8 nitrogen and oxygen atoms in total. The van der Waals surface area contributed by atoms with Gasteiger partial charge < -0.3 is 15.5 Å². The first-order valence-corrected chi connectivity index (χ1v) is 8.69. The molecule has 1 aliphatic rings. The Balaban J connectivity index is 2.42. The van der Waals surface area contributed by atoms with Gasteiger partial charge in [0.2, 0.25) is 11.8 Å². The van der Waals surface area contributed by atoms with Crippen LogP contribution in [0, 0.1) is 10.1 Å². The van der Waals surface area contributed by atoms with Gasteiger partial charge >= 0.3 is 0 Å². The van der Waals surface area contributed by atoms with Gasteiger partial charge in [-0.3, -0.25) is 9.59 Å². The Morgan fingerprint density at radius 1 is 1.36 bits per heavy atom.